The minimum absolute atomic E-state index is 0.103. The Morgan fingerprint density at radius 3 is 2.76 bits per heavy atom. The van der Waals surface area contributed by atoms with Gasteiger partial charge < -0.3 is 9.66 Å². The molecule has 0 aliphatic heterocycles. The highest BCUT2D eigenvalue weighted by molar-refractivity contribution is 7.78. The molecule has 3 aromatic rings. The van der Waals surface area contributed by atoms with E-state index in [1.54, 1.807) is 10.7 Å². The minimum atomic E-state index is -2.35. The first-order valence-electron chi connectivity index (χ1n) is 9.53. The molecule has 1 aliphatic carbocycles. The summed E-state index contributed by atoms with van der Waals surface area (Å²) in [5.74, 6) is 0.211. The van der Waals surface area contributed by atoms with Crippen molar-refractivity contribution in [3.8, 4) is 5.82 Å². The van der Waals surface area contributed by atoms with Crippen LogP contribution >= 0.6 is 0 Å². The molecule has 4 rings (SSSR count). The molecule has 1 aliphatic rings. The smallest absolute Gasteiger partial charge is 0.278 e. The normalized spacial score (nSPS) is 19.8. The fourth-order valence-electron chi connectivity index (χ4n) is 3.90. The van der Waals surface area contributed by atoms with Crippen LogP contribution in [-0.2, 0) is 28.9 Å². The molecule has 10 heteroatoms. The van der Waals surface area contributed by atoms with Crippen molar-refractivity contribution in [2.45, 2.75) is 57.4 Å². The van der Waals surface area contributed by atoms with Gasteiger partial charge in [-0.3, -0.25) is 9.00 Å². The fraction of sp³-hybridized carbons (Fsp3) is 0.474. The summed E-state index contributed by atoms with van der Waals surface area (Å²) in [6, 6.07) is 3.51. The van der Waals surface area contributed by atoms with Crippen LogP contribution in [0.2, 0.25) is 0 Å². The third-order valence-corrected chi connectivity index (χ3v) is 5.92. The second-order valence-electron chi connectivity index (χ2n) is 7.59. The van der Waals surface area contributed by atoms with E-state index in [-0.39, 0.29) is 28.6 Å². The standard InChI is InChI=1S/C19H23N5O4S/c1-4-19(26)8-7-12-5-6-15(22-16(12)19)24-17-13(18(25)23(24)11(2)3)9-20-14(21-17)10-29(27)28/h5-6,9,11,26H,4,7-8,10H2,1-3H3,(H,27,28)/p-1/t19-/m1/s1. The Morgan fingerprint density at radius 2 is 2.10 bits per heavy atom. The van der Waals surface area contributed by atoms with Crippen molar-refractivity contribution in [2.75, 3.05) is 0 Å². The Morgan fingerprint density at radius 1 is 1.34 bits per heavy atom. The van der Waals surface area contributed by atoms with Crippen molar-refractivity contribution in [2.24, 2.45) is 0 Å². The summed E-state index contributed by atoms with van der Waals surface area (Å²) in [5.41, 5.74) is 0.640. The Bertz CT molecular complexity index is 1190. The van der Waals surface area contributed by atoms with Crippen molar-refractivity contribution >= 4 is 22.1 Å². The SMILES string of the molecule is CC[C@@]1(O)CCc2ccc(-n3c4nc(CS(=O)[O-])ncc4c(=O)n3C(C)C)nc21. The third kappa shape index (κ3) is 3.21. The van der Waals surface area contributed by atoms with E-state index in [0.717, 1.165) is 12.0 Å². The first-order chi connectivity index (χ1) is 13.7. The molecular weight excluding hydrogens is 394 g/mol. The number of aliphatic hydroxyl groups is 1. The minimum Gasteiger partial charge on any atom is -0.772 e. The molecule has 29 heavy (non-hydrogen) atoms. The Hall–Kier alpha value is -2.43. The van der Waals surface area contributed by atoms with Gasteiger partial charge in [-0.1, -0.05) is 13.0 Å². The van der Waals surface area contributed by atoms with E-state index in [0.29, 0.717) is 30.0 Å². The number of hydrogen-bond acceptors (Lipinski definition) is 7. The summed E-state index contributed by atoms with van der Waals surface area (Å²) >= 11 is -2.35. The molecule has 0 saturated carbocycles. The number of pyridine rings is 1. The summed E-state index contributed by atoms with van der Waals surface area (Å²) < 4.78 is 25.3. The predicted molar refractivity (Wildman–Crippen MR) is 106 cm³/mol. The number of fused-ring (bicyclic) bond motifs is 2. The molecular formula is C19H22N5O4S-. The summed E-state index contributed by atoms with van der Waals surface area (Å²) in [6.07, 6.45) is 3.26. The maximum Gasteiger partial charge on any atom is 0.278 e. The van der Waals surface area contributed by atoms with Crippen molar-refractivity contribution < 1.29 is 13.9 Å². The third-order valence-electron chi connectivity index (χ3n) is 5.42. The molecule has 3 heterocycles. The van der Waals surface area contributed by atoms with E-state index in [2.05, 4.69) is 9.97 Å². The lowest BCUT2D eigenvalue weighted by molar-refractivity contribution is 0.0305. The topological polar surface area (TPSA) is 126 Å². The molecule has 0 radical (unpaired) electrons. The Balaban J connectivity index is 2.00. The van der Waals surface area contributed by atoms with Crippen LogP contribution in [0.4, 0.5) is 0 Å². The lowest BCUT2D eigenvalue weighted by Gasteiger charge is -2.22. The van der Waals surface area contributed by atoms with Crippen LogP contribution in [0.15, 0.2) is 23.1 Å². The van der Waals surface area contributed by atoms with Gasteiger partial charge in [0.25, 0.3) is 5.56 Å². The average molecular weight is 416 g/mol. The largest absolute Gasteiger partial charge is 0.772 e. The maximum atomic E-state index is 13.0. The lowest BCUT2D eigenvalue weighted by Crippen LogP contribution is -2.26. The van der Waals surface area contributed by atoms with E-state index >= 15 is 0 Å². The van der Waals surface area contributed by atoms with Gasteiger partial charge in [-0.05, 0) is 55.8 Å². The second-order valence-corrected chi connectivity index (χ2v) is 8.49. The highest BCUT2D eigenvalue weighted by Crippen LogP contribution is 2.38. The molecule has 3 aromatic heterocycles. The van der Waals surface area contributed by atoms with Crippen molar-refractivity contribution in [3.05, 3.63) is 45.8 Å². The van der Waals surface area contributed by atoms with E-state index in [1.807, 2.05) is 26.8 Å². The quantitative estimate of drug-likeness (QED) is 0.624. The van der Waals surface area contributed by atoms with Crippen LogP contribution in [-0.4, -0.2) is 38.2 Å². The maximum absolute atomic E-state index is 13.0. The second kappa shape index (κ2) is 7.12. The van der Waals surface area contributed by atoms with Gasteiger partial charge in [0.15, 0.2) is 11.5 Å². The first kappa shape index (κ1) is 19.9. The van der Waals surface area contributed by atoms with Crippen LogP contribution < -0.4 is 5.56 Å². The van der Waals surface area contributed by atoms with Gasteiger partial charge >= 0.3 is 0 Å². The zero-order chi connectivity index (χ0) is 20.9. The molecule has 0 spiro atoms. The number of nitrogens with zero attached hydrogens (tertiary/aromatic N) is 5. The number of aromatic nitrogens is 5. The molecule has 154 valence electrons. The first-order valence-corrected chi connectivity index (χ1v) is 10.8. The fourth-order valence-corrected chi connectivity index (χ4v) is 4.25. The van der Waals surface area contributed by atoms with Gasteiger partial charge in [-0.2, -0.15) is 0 Å². The molecule has 0 fully saturated rings. The zero-order valence-corrected chi connectivity index (χ0v) is 17.3. The monoisotopic (exact) mass is 416 g/mol. The molecule has 2 atom stereocenters. The van der Waals surface area contributed by atoms with Crippen molar-refractivity contribution in [1.29, 1.82) is 0 Å². The highest BCUT2D eigenvalue weighted by Gasteiger charge is 2.37. The van der Waals surface area contributed by atoms with Crippen LogP contribution in [0.3, 0.4) is 0 Å². The number of rotatable bonds is 5. The van der Waals surface area contributed by atoms with Crippen molar-refractivity contribution in [1.82, 2.24) is 24.3 Å². The molecule has 0 amide bonds. The Labute approximate surface area is 169 Å². The van der Waals surface area contributed by atoms with Crippen LogP contribution in [0.25, 0.3) is 16.9 Å². The highest BCUT2D eigenvalue weighted by atomic mass is 32.2. The van der Waals surface area contributed by atoms with Gasteiger partial charge in [0, 0.05) is 12.2 Å². The predicted octanol–water partition coefficient (Wildman–Crippen LogP) is 1.48. The number of aryl methyl sites for hydroxylation is 1. The molecule has 0 bridgehead atoms. The summed E-state index contributed by atoms with van der Waals surface area (Å²) in [5, 5.41) is 11.2. The lowest BCUT2D eigenvalue weighted by atomic mass is 9.98. The molecule has 1 unspecified atom stereocenters. The molecule has 9 nitrogen and oxygen atoms in total. The van der Waals surface area contributed by atoms with Gasteiger partial charge in [0.2, 0.25) is 0 Å². The summed E-state index contributed by atoms with van der Waals surface area (Å²) in [7, 11) is 0. The van der Waals surface area contributed by atoms with Gasteiger partial charge in [0.05, 0.1) is 11.4 Å². The molecule has 1 N–H and O–H groups in total. The summed E-state index contributed by atoms with van der Waals surface area (Å²) in [4.78, 5) is 26.1. The number of hydrogen-bond donors (Lipinski definition) is 1. The van der Waals surface area contributed by atoms with Gasteiger partial charge in [-0.25, -0.2) is 24.3 Å². The van der Waals surface area contributed by atoms with Crippen LogP contribution in [0.1, 0.15) is 56.7 Å². The van der Waals surface area contributed by atoms with Crippen LogP contribution in [0, 0.1) is 0 Å². The van der Waals surface area contributed by atoms with E-state index in [1.165, 1.54) is 10.9 Å². The van der Waals surface area contributed by atoms with E-state index in [4.69, 9.17) is 4.98 Å². The van der Waals surface area contributed by atoms with E-state index in [9.17, 15) is 18.7 Å². The molecule has 0 saturated heterocycles. The van der Waals surface area contributed by atoms with Gasteiger partial charge in [-0.15, -0.1) is 0 Å². The average Bonchev–Trinajstić information content (AvgIpc) is 3.16. The Kier molecular flexibility index (Phi) is 4.88. The van der Waals surface area contributed by atoms with Crippen LogP contribution in [0.5, 0.6) is 0 Å². The van der Waals surface area contributed by atoms with E-state index < -0.39 is 16.7 Å². The zero-order valence-electron chi connectivity index (χ0n) is 16.5. The summed E-state index contributed by atoms with van der Waals surface area (Å²) in [6.45, 7) is 5.66. The van der Waals surface area contributed by atoms with Crippen molar-refractivity contribution in [3.63, 3.8) is 0 Å². The van der Waals surface area contributed by atoms with Gasteiger partial charge in [0.1, 0.15) is 16.8 Å². The molecule has 0 aromatic carbocycles.